The van der Waals surface area contributed by atoms with Crippen LogP contribution in [0.15, 0.2) is 17.5 Å². The predicted molar refractivity (Wildman–Crippen MR) is 38.0 cm³/mol. The molecule has 1 aromatic rings. The molecule has 1 heterocycles. The van der Waals surface area contributed by atoms with Gasteiger partial charge in [0.1, 0.15) is 12.4 Å². The van der Waals surface area contributed by atoms with Gasteiger partial charge in [0.05, 0.1) is 0 Å². The van der Waals surface area contributed by atoms with Crippen LogP contribution in [0.1, 0.15) is 0 Å². The summed E-state index contributed by atoms with van der Waals surface area (Å²) in [6.07, 6.45) is 2.64. The highest BCUT2D eigenvalue weighted by Gasteiger charge is 2.11. The molecule has 0 aromatic carbocycles. The Labute approximate surface area is 66.2 Å². The monoisotopic (exact) mass is 168 g/mol. The Bertz CT molecular complexity index is 337. The molecule has 0 spiro atoms. The van der Waals surface area contributed by atoms with Gasteiger partial charge in [-0.3, -0.25) is 0 Å². The molecule has 0 aliphatic carbocycles. The van der Waals surface area contributed by atoms with E-state index in [4.69, 9.17) is 5.53 Å². The number of imidazole rings is 1. The molecular weight excluding hydrogens is 164 g/mol. The van der Waals surface area contributed by atoms with Crippen LogP contribution in [0, 0.1) is 10.1 Å². The fraction of sp³-hybridized carbons (Fsp3) is 0.250. The molecule has 62 valence electrons. The summed E-state index contributed by atoms with van der Waals surface area (Å²) in [5.41, 5.74) is 7.95. The molecule has 1 aromatic heterocycles. The second-order valence-corrected chi connectivity index (χ2v) is 1.83. The van der Waals surface area contributed by atoms with Crippen LogP contribution >= 0.6 is 0 Å². The molecule has 0 amide bonds. The van der Waals surface area contributed by atoms with Crippen LogP contribution in [0.25, 0.3) is 10.4 Å². The van der Waals surface area contributed by atoms with Gasteiger partial charge in [0, 0.05) is 4.91 Å². The van der Waals surface area contributed by atoms with Gasteiger partial charge in [-0.15, -0.1) is 0 Å². The Kier molecular flexibility index (Phi) is 2.24. The zero-order valence-corrected chi connectivity index (χ0v) is 5.86. The van der Waals surface area contributed by atoms with Gasteiger partial charge in [0.15, 0.2) is 6.67 Å². The number of hydrogen-bond acceptors (Lipinski definition) is 4. The predicted octanol–water partition coefficient (Wildman–Crippen LogP) is 1.06. The van der Waals surface area contributed by atoms with Gasteiger partial charge in [-0.25, -0.2) is 4.57 Å². The molecule has 8 nitrogen and oxygen atoms in total. The summed E-state index contributed by atoms with van der Waals surface area (Å²) in [6.45, 7) is -0.118. The standard InChI is InChI=1S/C4H4N6O2/c5-8-7-3-9-2-1-6-4(9)10(11)12/h1-2H,3H2. The Balaban J connectivity index is 2.91. The van der Waals surface area contributed by atoms with Gasteiger partial charge in [-0.05, 0) is 10.5 Å². The minimum absolute atomic E-state index is 0.118. The van der Waals surface area contributed by atoms with Crippen molar-refractivity contribution < 1.29 is 4.92 Å². The number of azide groups is 1. The van der Waals surface area contributed by atoms with Crippen LogP contribution < -0.4 is 0 Å². The Morgan fingerprint density at radius 1 is 1.92 bits per heavy atom. The van der Waals surface area contributed by atoms with Crippen LogP contribution in [-0.4, -0.2) is 14.5 Å². The molecule has 0 radical (unpaired) electrons. The number of aromatic nitrogens is 2. The van der Waals surface area contributed by atoms with E-state index < -0.39 is 4.92 Å². The van der Waals surface area contributed by atoms with Gasteiger partial charge >= 0.3 is 5.95 Å². The van der Waals surface area contributed by atoms with Crippen molar-refractivity contribution in [3.05, 3.63) is 33.0 Å². The van der Waals surface area contributed by atoms with Crippen LogP contribution in [-0.2, 0) is 6.67 Å². The topological polar surface area (TPSA) is 110 Å². The molecule has 0 N–H and O–H groups in total. The molecule has 0 atom stereocenters. The quantitative estimate of drug-likeness (QED) is 0.221. The first-order chi connectivity index (χ1) is 5.75. The Morgan fingerprint density at radius 3 is 3.25 bits per heavy atom. The SMILES string of the molecule is [N-]=[N+]=NCn1ccnc1[N+](=O)[O-]. The highest BCUT2D eigenvalue weighted by atomic mass is 16.6. The van der Waals surface area contributed by atoms with E-state index in [2.05, 4.69) is 15.0 Å². The van der Waals surface area contributed by atoms with Crippen LogP contribution in [0.2, 0.25) is 0 Å². The summed E-state index contributed by atoms with van der Waals surface area (Å²) in [5, 5.41) is 13.4. The molecule has 0 aliphatic heterocycles. The number of hydrogen-bond donors (Lipinski definition) is 0. The molecule has 0 saturated heterocycles. The second kappa shape index (κ2) is 3.35. The Morgan fingerprint density at radius 2 is 2.67 bits per heavy atom. The minimum Gasteiger partial charge on any atom is -0.390 e. The molecule has 0 bridgehead atoms. The number of nitro groups is 1. The van der Waals surface area contributed by atoms with Crippen LogP contribution in [0.3, 0.4) is 0 Å². The van der Waals surface area contributed by atoms with Crippen molar-refractivity contribution in [1.82, 2.24) is 9.55 Å². The Hall–Kier alpha value is -2.08. The minimum atomic E-state index is -0.646. The molecule has 8 heteroatoms. The smallest absolute Gasteiger partial charge is 0.390 e. The van der Waals surface area contributed by atoms with E-state index in [9.17, 15) is 10.1 Å². The lowest BCUT2D eigenvalue weighted by Crippen LogP contribution is -2.00. The van der Waals surface area contributed by atoms with E-state index >= 15 is 0 Å². The van der Waals surface area contributed by atoms with Crippen molar-refractivity contribution in [3.8, 4) is 0 Å². The molecule has 1 rings (SSSR count). The molecule has 0 unspecified atom stereocenters. The average molecular weight is 168 g/mol. The van der Waals surface area contributed by atoms with Crippen molar-refractivity contribution in [2.24, 2.45) is 5.11 Å². The van der Waals surface area contributed by atoms with Crippen molar-refractivity contribution in [2.75, 3.05) is 0 Å². The van der Waals surface area contributed by atoms with E-state index in [1.165, 1.54) is 12.4 Å². The molecule has 12 heavy (non-hydrogen) atoms. The van der Waals surface area contributed by atoms with E-state index in [1.54, 1.807) is 0 Å². The maximum absolute atomic E-state index is 10.2. The average Bonchev–Trinajstić information content (AvgIpc) is 2.48. The molecule has 0 saturated carbocycles. The van der Waals surface area contributed by atoms with Crippen molar-refractivity contribution in [2.45, 2.75) is 6.67 Å². The highest BCUT2D eigenvalue weighted by molar-refractivity contribution is 5.05. The largest absolute Gasteiger partial charge is 0.434 e. The third-order valence-corrected chi connectivity index (χ3v) is 1.14. The van der Waals surface area contributed by atoms with E-state index in [1.807, 2.05) is 0 Å². The fourth-order valence-electron chi connectivity index (χ4n) is 0.680. The van der Waals surface area contributed by atoms with Crippen molar-refractivity contribution in [3.63, 3.8) is 0 Å². The van der Waals surface area contributed by atoms with Crippen molar-refractivity contribution in [1.29, 1.82) is 0 Å². The van der Waals surface area contributed by atoms with Gasteiger partial charge in [-0.1, -0.05) is 10.1 Å². The first-order valence-electron chi connectivity index (χ1n) is 2.92. The van der Waals surface area contributed by atoms with Gasteiger partial charge in [0.25, 0.3) is 0 Å². The summed E-state index contributed by atoms with van der Waals surface area (Å²) >= 11 is 0. The third kappa shape index (κ3) is 1.50. The summed E-state index contributed by atoms with van der Waals surface area (Å²) in [5.74, 6) is -0.331. The third-order valence-electron chi connectivity index (χ3n) is 1.14. The van der Waals surface area contributed by atoms with Gasteiger partial charge in [-0.2, -0.15) is 0 Å². The molecular formula is C4H4N6O2. The van der Waals surface area contributed by atoms with E-state index in [0.29, 0.717) is 0 Å². The zero-order chi connectivity index (χ0) is 8.97. The zero-order valence-electron chi connectivity index (χ0n) is 5.86. The summed E-state index contributed by atoms with van der Waals surface area (Å²) < 4.78 is 1.14. The number of rotatable bonds is 3. The maximum Gasteiger partial charge on any atom is 0.434 e. The van der Waals surface area contributed by atoms with Crippen LogP contribution in [0.5, 0.6) is 0 Å². The van der Waals surface area contributed by atoms with Crippen LogP contribution in [0.4, 0.5) is 5.95 Å². The maximum atomic E-state index is 10.2. The summed E-state index contributed by atoms with van der Waals surface area (Å²) in [4.78, 5) is 15.5. The summed E-state index contributed by atoms with van der Waals surface area (Å²) in [7, 11) is 0. The summed E-state index contributed by atoms with van der Waals surface area (Å²) in [6, 6.07) is 0. The molecule has 0 fully saturated rings. The van der Waals surface area contributed by atoms with E-state index in [-0.39, 0.29) is 12.6 Å². The molecule has 0 aliphatic rings. The lowest BCUT2D eigenvalue weighted by molar-refractivity contribution is -0.396. The fourth-order valence-corrected chi connectivity index (χ4v) is 0.680. The normalized spacial score (nSPS) is 9.00. The first kappa shape index (κ1) is 8.02. The van der Waals surface area contributed by atoms with E-state index in [0.717, 1.165) is 4.57 Å². The van der Waals surface area contributed by atoms with Crippen molar-refractivity contribution >= 4 is 5.95 Å². The lowest BCUT2D eigenvalue weighted by Gasteiger charge is -1.94. The first-order valence-corrected chi connectivity index (χ1v) is 2.92. The number of nitrogens with zero attached hydrogens (tertiary/aromatic N) is 6. The lowest BCUT2D eigenvalue weighted by atomic mass is 10.8. The van der Waals surface area contributed by atoms with Gasteiger partial charge in [0.2, 0.25) is 0 Å². The van der Waals surface area contributed by atoms with Gasteiger partial charge < -0.3 is 10.1 Å². The second-order valence-electron chi connectivity index (χ2n) is 1.83. The highest BCUT2D eigenvalue weighted by Crippen LogP contribution is 2.06.